The summed E-state index contributed by atoms with van der Waals surface area (Å²) in [5.74, 6) is -0.671. The maximum atomic E-state index is 12.2. The number of rotatable bonds is 5. The van der Waals surface area contributed by atoms with Crippen LogP contribution in [-0.2, 0) is 9.59 Å². The summed E-state index contributed by atoms with van der Waals surface area (Å²) in [6.07, 6.45) is 1.17. The number of nitrogens with one attached hydrogen (secondary N) is 1. The van der Waals surface area contributed by atoms with E-state index in [1.165, 1.54) is 4.90 Å². The van der Waals surface area contributed by atoms with Crippen LogP contribution in [0.1, 0.15) is 19.8 Å². The van der Waals surface area contributed by atoms with Crippen LogP contribution in [0.4, 0.5) is 0 Å². The van der Waals surface area contributed by atoms with E-state index in [1.807, 2.05) is 0 Å². The Balaban J connectivity index is 2.66. The maximum Gasteiger partial charge on any atom is 0.236 e. The number of hydrogen-bond acceptors (Lipinski definition) is 4. The molecule has 4 N–H and O–H groups in total. The zero-order valence-electron chi connectivity index (χ0n) is 10.9. The monoisotopic (exact) mass is 256 g/mol. The molecule has 0 spiro atoms. The Labute approximate surface area is 106 Å². The van der Waals surface area contributed by atoms with Gasteiger partial charge in [0, 0.05) is 20.6 Å². The normalized spacial score (nSPS) is 18.9. The van der Waals surface area contributed by atoms with Crippen molar-refractivity contribution in [3.8, 4) is 0 Å². The summed E-state index contributed by atoms with van der Waals surface area (Å²) in [5, 5.41) is 14.1. The van der Waals surface area contributed by atoms with E-state index in [0.29, 0.717) is 19.4 Å². The minimum Gasteiger partial charge on any atom is -0.409 e. The number of carbonyl (C=O) groups is 2. The van der Waals surface area contributed by atoms with Gasteiger partial charge < -0.3 is 21.2 Å². The van der Waals surface area contributed by atoms with Crippen molar-refractivity contribution in [2.24, 2.45) is 22.2 Å². The fourth-order valence-corrected chi connectivity index (χ4v) is 1.99. The van der Waals surface area contributed by atoms with Crippen LogP contribution in [0.15, 0.2) is 5.16 Å². The maximum absolute atomic E-state index is 12.2. The molecular formula is C11H20N4O3. The molecule has 0 bridgehead atoms. The van der Waals surface area contributed by atoms with E-state index in [4.69, 9.17) is 10.9 Å². The molecule has 7 heteroatoms. The lowest BCUT2D eigenvalue weighted by Gasteiger charge is -2.24. The second-order valence-electron chi connectivity index (χ2n) is 4.77. The highest BCUT2D eigenvalue weighted by atomic mass is 16.4. The Bertz CT molecular complexity index is 376. The van der Waals surface area contributed by atoms with Gasteiger partial charge in [0.1, 0.15) is 5.41 Å². The van der Waals surface area contributed by atoms with E-state index in [1.54, 1.807) is 21.0 Å². The molecule has 1 rings (SSSR count). The number of nitrogens with two attached hydrogens (primary N) is 1. The largest absolute Gasteiger partial charge is 0.409 e. The van der Waals surface area contributed by atoms with Crippen LogP contribution >= 0.6 is 0 Å². The highest BCUT2D eigenvalue weighted by Gasteiger charge is 2.55. The molecule has 0 aromatic heterocycles. The molecule has 1 atom stereocenters. The van der Waals surface area contributed by atoms with Gasteiger partial charge in [-0.3, -0.25) is 9.59 Å². The molecule has 0 aromatic rings. The summed E-state index contributed by atoms with van der Waals surface area (Å²) < 4.78 is 0. The average molecular weight is 256 g/mol. The third-order valence-electron chi connectivity index (χ3n) is 3.35. The van der Waals surface area contributed by atoms with Crippen LogP contribution in [0, 0.1) is 11.3 Å². The van der Waals surface area contributed by atoms with Gasteiger partial charge in [-0.1, -0.05) is 12.1 Å². The number of nitrogens with zero attached hydrogens (tertiary/aromatic N) is 2. The predicted molar refractivity (Wildman–Crippen MR) is 65.9 cm³/mol. The van der Waals surface area contributed by atoms with Gasteiger partial charge in [0.15, 0.2) is 5.84 Å². The van der Waals surface area contributed by atoms with E-state index in [9.17, 15) is 9.59 Å². The number of amides is 2. The molecular weight excluding hydrogens is 236 g/mol. The molecule has 0 aromatic carbocycles. The lowest BCUT2D eigenvalue weighted by atomic mass is 10.0. The third kappa shape index (κ3) is 2.55. The lowest BCUT2D eigenvalue weighted by Crippen LogP contribution is -2.45. The topological polar surface area (TPSA) is 108 Å². The van der Waals surface area contributed by atoms with Crippen LogP contribution in [0.3, 0.4) is 0 Å². The highest BCUT2D eigenvalue weighted by Crippen LogP contribution is 2.47. The molecule has 0 heterocycles. The Morgan fingerprint density at radius 3 is 2.50 bits per heavy atom. The van der Waals surface area contributed by atoms with Crippen LogP contribution in [0.2, 0.25) is 0 Å². The SMILES string of the molecule is CNC(=O)C(C)CN(C)C(=O)C1(C(N)=NO)CC1. The molecule has 1 aliphatic carbocycles. The summed E-state index contributed by atoms with van der Waals surface area (Å²) in [6.45, 7) is 2.05. The first-order valence-corrected chi connectivity index (χ1v) is 5.84. The first-order chi connectivity index (χ1) is 8.39. The van der Waals surface area contributed by atoms with Crippen LogP contribution < -0.4 is 11.1 Å². The minimum atomic E-state index is -0.855. The highest BCUT2D eigenvalue weighted by molar-refractivity contribution is 6.09. The standard InChI is InChI=1S/C11H20N4O3/c1-7(8(16)13-2)6-15(3)10(17)11(4-5-11)9(12)14-18/h7,18H,4-6H2,1-3H3,(H2,12,14)(H,13,16). The van der Waals surface area contributed by atoms with Gasteiger partial charge in [0.05, 0.1) is 5.92 Å². The van der Waals surface area contributed by atoms with Gasteiger partial charge in [-0.25, -0.2) is 0 Å². The van der Waals surface area contributed by atoms with Crippen LogP contribution in [0.25, 0.3) is 0 Å². The Morgan fingerprint density at radius 2 is 2.11 bits per heavy atom. The van der Waals surface area contributed by atoms with Gasteiger partial charge in [-0.05, 0) is 12.8 Å². The summed E-state index contributed by atoms with van der Waals surface area (Å²) in [7, 11) is 3.17. The number of hydrogen-bond donors (Lipinski definition) is 3. The van der Waals surface area contributed by atoms with Gasteiger partial charge in [-0.15, -0.1) is 0 Å². The minimum absolute atomic E-state index is 0.0491. The summed E-state index contributed by atoms with van der Waals surface area (Å²) in [5.41, 5.74) is 4.69. The Kier molecular flexibility index (Phi) is 4.15. The quantitative estimate of drug-likeness (QED) is 0.263. The lowest BCUT2D eigenvalue weighted by molar-refractivity contribution is -0.134. The molecule has 0 saturated heterocycles. The summed E-state index contributed by atoms with van der Waals surface area (Å²) >= 11 is 0. The van der Waals surface area contributed by atoms with E-state index < -0.39 is 5.41 Å². The Hall–Kier alpha value is -1.79. The van der Waals surface area contributed by atoms with Gasteiger partial charge in [-0.2, -0.15) is 0 Å². The average Bonchev–Trinajstić information content (AvgIpc) is 3.16. The van der Waals surface area contributed by atoms with Crippen molar-refractivity contribution in [3.05, 3.63) is 0 Å². The van der Waals surface area contributed by atoms with Crippen molar-refractivity contribution < 1.29 is 14.8 Å². The molecule has 1 unspecified atom stereocenters. The first kappa shape index (κ1) is 14.3. The number of amidine groups is 1. The van der Waals surface area contributed by atoms with Crippen molar-refractivity contribution in [2.45, 2.75) is 19.8 Å². The van der Waals surface area contributed by atoms with E-state index in [0.717, 1.165) is 0 Å². The molecule has 7 nitrogen and oxygen atoms in total. The third-order valence-corrected chi connectivity index (χ3v) is 3.35. The van der Waals surface area contributed by atoms with Crippen molar-refractivity contribution in [2.75, 3.05) is 20.6 Å². The summed E-state index contributed by atoms with van der Waals surface area (Å²) in [6, 6.07) is 0. The van der Waals surface area contributed by atoms with Gasteiger partial charge >= 0.3 is 0 Å². The van der Waals surface area contributed by atoms with Crippen molar-refractivity contribution in [1.82, 2.24) is 10.2 Å². The zero-order chi connectivity index (χ0) is 13.9. The van der Waals surface area contributed by atoms with Gasteiger partial charge in [0.25, 0.3) is 0 Å². The van der Waals surface area contributed by atoms with E-state index in [2.05, 4.69) is 10.5 Å². The fraction of sp³-hybridized carbons (Fsp3) is 0.727. The van der Waals surface area contributed by atoms with Crippen molar-refractivity contribution >= 4 is 17.6 Å². The molecule has 1 fully saturated rings. The molecule has 1 saturated carbocycles. The second-order valence-corrected chi connectivity index (χ2v) is 4.77. The molecule has 1 aliphatic rings. The summed E-state index contributed by atoms with van der Waals surface area (Å²) in [4.78, 5) is 25.0. The first-order valence-electron chi connectivity index (χ1n) is 5.84. The zero-order valence-corrected chi connectivity index (χ0v) is 10.9. The molecule has 0 aliphatic heterocycles. The van der Waals surface area contributed by atoms with E-state index in [-0.39, 0.29) is 23.6 Å². The second kappa shape index (κ2) is 5.24. The Morgan fingerprint density at radius 1 is 1.56 bits per heavy atom. The molecule has 2 amide bonds. The molecule has 18 heavy (non-hydrogen) atoms. The van der Waals surface area contributed by atoms with Crippen LogP contribution in [-0.4, -0.2) is 48.4 Å². The number of oxime groups is 1. The fourth-order valence-electron chi connectivity index (χ4n) is 1.99. The molecule has 0 radical (unpaired) electrons. The van der Waals surface area contributed by atoms with Gasteiger partial charge in [0.2, 0.25) is 11.8 Å². The molecule has 102 valence electrons. The van der Waals surface area contributed by atoms with Crippen molar-refractivity contribution in [3.63, 3.8) is 0 Å². The van der Waals surface area contributed by atoms with Crippen molar-refractivity contribution in [1.29, 1.82) is 0 Å². The van der Waals surface area contributed by atoms with Crippen LogP contribution in [0.5, 0.6) is 0 Å². The predicted octanol–water partition coefficient (Wildman–Crippen LogP) is -0.646. The van der Waals surface area contributed by atoms with E-state index >= 15 is 0 Å². The number of carbonyl (C=O) groups excluding carboxylic acids is 2. The smallest absolute Gasteiger partial charge is 0.236 e.